The maximum Gasteiger partial charge on any atom is 0.241 e. The molecule has 1 atom stereocenters. The van der Waals surface area contributed by atoms with Gasteiger partial charge in [-0.1, -0.05) is 17.7 Å². The topological polar surface area (TPSA) is 64.6 Å². The van der Waals surface area contributed by atoms with Gasteiger partial charge in [-0.15, -0.1) is 0 Å². The summed E-state index contributed by atoms with van der Waals surface area (Å²) in [4.78, 5) is 0.342. The monoisotopic (exact) mass is 363 g/mol. The first-order chi connectivity index (χ1) is 11.7. The molecule has 2 aromatic carbocycles. The van der Waals surface area contributed by atoms with Crippen molar-refractivity contribution < 1.29 is 17.9 Å². The largest absolute Gasteiger partial charge is 0.497 e. The quantitative estimate of drug-likeness (QED) is 0.819. The van der Waals surface area contributed by atoms with Gasteiger partial charge in [0.1, 0.15) is 18.1 Å². The number of aryl methyl sites for hydroxylation is 3. The van der Waals surface area contributed by atoms with Crippen molar-refractivity contribution in [2.75, 3.05) is 13.7 Å². The van der Waals surface area contributed by atoms with E-state index in [-0.39, 0.29) is 12.6 Å². The van der Waals surface area contributed by atoms with E-state index in [2.05, 4.69) is 4.72 Å². The summed E-state index contributed by atoms with van der Waals surface area (Å²) < 4.78 is 38.8. The zero-order valence-corrected chi connectivity index (χ0v) is 16.1. The van der Waals surface area contributed by atoms with Gasteiger partial charge in [0.25, 0.3) is 0 Å². The van der Waals surface area contributed by atoms with Crippen LogP contribution in [0.5, 0.6) is 11.5 Å². The van der Waals surface area contributed by atoms with Crippen molar-refractivity contribution in [3.8, 4) is 11.5 Å². The minimum absolute atomic E-state index is 0.232. The Bertz CT molecular complexity index is 806. The maximum absolute atomic E-state index is 12.7. The van der Waals surface area contributed by atoms with E-state index in [1.165, 1.54) is 0 Å². The van der Waals surface area contributed by atoms with Gasteiger partial charge in [-0.05, 0) is 63.1 Å². The molecule has 0 amide bonds. The first-order valence-electron chi connectivity index (χ1n) is 8.10. The van der Waals surface area contributed by atoms with Crippen molar-refractivity contribution >= 4 is 10.0 Å². The fourth-order valence-electron chi connectivity index (χ4n) is 2.84. The van der Waals surface area contributed by atoms with Gasteiger partial charge in [-0.3, -0.25) is 0 Å². The minimum atomic E-state index is -3.60. The lowest BCUT2D eigenvalue weighted by atomic mass is 10.1. The molecule has 0 aromatic heterocycles. The number of nitrogens with one attached hydrogen (secondary N) is 1. The van der Waals surface area contributed by atoms with Crippen LogP contribution in [0, 0.1) is 20.8 Å². The molecule has 0 spiro atoms. The predicted octanol–water partition coefficient (Wildman–Crippen LogP) is 3.37. The van der Waals surface area contributed by atoms with Crippen LogP contribution < -0.4 is 14.2 Å². The molecule has 0 aliphatic heterocycles. The Hall–Kier alpha value is -2.05. The lowest BCUT2D eigenvalue weighted by Gasteiger charge is -2.18. The third-order valence-corrected chi connectivity index (χ3v) is 5.68. The van der Waals surface area contributed by atoms with E-state index in [0.29, 0.717) is 10.6 Å². The van der Waals surface area contributed by atoms with Crippen molar-refractivity contribution in [3.05, 3.63) is 53.1 Å². The molecule has 1 N–H and O–H groups in total. The molecule has 0 unspecified atom stereocenters. The molecular formula is C19H25NO4S. The highest BCUT2D eigenvalue weighted by Gasteiger charge is 2.22. The highest BCUT2D eigenvalue weighted by atomic mass is 32.2. The molecule has 6 heteroatoms. The molecule has 0 aliphatic carbocycles. The van der Waals surface area contributed by atoms with Crippen molar-refractivity contribution in [2.24, 2.45) is 0 Å². The number of benzene rings is 2. The summed E-state index contributed by atoms with van der Waals surface area (Å²) in [5, 5.41) is 0. The first-order valence-corrected chi connectivity index (χ1v) is 9.58. The number of methoxy groups -OCH3 is 1. The molecule has 0 saturated heterocycles. The van der Waals surface area contributed by atoms with Crippen LogP contribution in [0.4, 0.5) is 0 Å². The third kappa shape index (κ3) is 4.96. The van der Waals surface area contributed by atoms with Gasteiger partial charge in [0.15, 0.2) is 0 Å². The van der Waals surface area contributed by atoms with Crippen LogP contribution in [0.3, 0.4) is 0 Å². The molecule has 0 saturated carbocycles. The second-order valence-corrected chi connectivity index (χ2v) is 7.89. The van der Waals surface area contributed by atoms with Crippen LogP contribution in [0.2, 0.25) is 0 Å². The van der Waals surface area contributed by atoms with Gasteiger partial charge in [0.05, 0.1) is 18.0 Å². The number of rotatable bonds is 7. The summed E-state index contributed by atoms with van der Waals surface area (Å²) >= 11 is 0. The summed E-state index contributed by atoms with van der Waals surface area (Å²) in [7, 11) is -2.00. The van der Waals surface area contributed by atoms with Crippen LogP contribution >= 0.6 is 0 Å². The fourth-order valence-corrected chi connectivity index (χ4v) is 4.52. The Labute approximate surface area is 150 Å². The molecule has 5 nitrogen and oxygen atoms in total. The zero-order valence-electron chi connectivity index (χ0n) is 15.3. The second kappa shape index (κ2) is 7.89. The van der Waals surface area contributed by atoms with Crippen LogP contribution in [-0.4, -0.2) is 28.2 Å². The van der Waals surface area contributed by atoms with E-state index in [0.717, 1.165) is 22.4 Å². The molecular weight excluding hydrogens is 338 g/mol. The average molecular weight is 363 g/mol. The van der Waals surface area contributed by atoms with Gasteiger partial charge in [-0.2, -0.15) is 0 Å². The Kier molecular flexibility index (Phi) is 6.08. The molecule has 2 rings (SSSR count). The predicted molar refractivity (Wildman–Crippen MR) is 98.9 cm³/mol. The summed E-state index contributed by atoms with van der Waals surface area (Å²) in [6.45, 7) is 7.59. The Morgan fingerprint density at radius 2 is 1.52 bits per heavy atom. The fraction of sp³-hybridized carbons (Fsp3) is 0.368. The summed E-state index contributed by atoms with van der Waals surface area (Å²) in [5.74, 6) is 1.40. The molecule has 2 aromatic rings. The molecule has 0 heterocycles. The zero-order chi connectivity index (χ0) is 18.6. The van der Waals surface area contributed by atoms with E-state index in [4.69, 9.17) is 9.47 Å². The maximum atomic E-state index is 12.7. The third-order valence-electron chi connectivity index (χ3n) is 3.79. The number of hydrogen-bond acceptors (Lipinski definition) is 4. The van der Waals surface area contributed by atoms with Crippen molar-refractivity contribution in [3.63, 3.8) is 0 Å². The highest BCUT2D eigenvalue weighted by Crippen LogP contribution is 2.22. The van der Waals surface area contributed by atoms with E-state index in [9.17, 15) is 8.42 Å². The Morgan fingerprint density at radius 1 is 1.00 bits per heavy atom. The van der Waals surface area contributed by atoms with Crippen LogP contribution in [0.1, 0.15) is 23.6 Å². The summed E-state index contributed by atoms with van der Waals surface area (Å²) in [6, 6.07) is 10.5. The number of sulfonamides is 1. The number of ether oxygens (including phenoxy) is 2. The summed E-state index contributed by atoms with van der Waals surface area (Å²) in [5.41, 5.74) is 2.53. The van der Waals surface area contributed by atoms with Crippen LogP contribution in [0.25, 0.3) is 0 Å². The van der Waals surface area contributed by atoms with Crippen molar-refractivity contribution in [1.82, 2.24) is 4.72 Å². The van der Waals surface area contributed by atoms with E-state index >= 15 is 0 Å². The van der Waals surface area contributed by atoms with Gasteiger partial charge < -0.3 is 9.47 Å². The smallest absolute Gasteiger partial charge is 0.241 e. The molecule has 0 aliphatic rings. The van der Waals surface area contributed by atoms with E-state index in [1.54, 1.807) is 38.3 Å². The van der Waals surface area contributed by atoms with E-state index in [1.807, 2.05) is 32.9 Å². The molecule has 0 radical (unpaired) electrons. The van der Waals surface area contributed by atoms with Gasteiger partial charge in [0.2, 0.25) is 10.0 Å². The van der Waals surface area contributed by atoms with Crippen molar-refractivity contribution in [2.45, 2.75) is 38.6 Å². The average Bonchev–Trinajstić information content (AvgIpc) is 2.51. The van der Waals surface area contributed by atoms with Gasteiger partial charge in [0, 0.05) is 0 Å². The van der Waals surface area contributed by atoms with Crippen LogP contribution in [-0.2, 0) is 10.0 Å². The highest BCUT2D eigenvalue weighted by molar-refractivity contribution is 7.89. The molecule has 25 heavy (non-hydrogen) atoms. The second-order valence-electron chi connectivity index (χ2n) is 6.24. The SMILES string of the molecule is COc1ccc(OC[C@@H](C)NS(=O)(=O)c2c(C)cc(C)cc2C)cc1. The lowest BCUT2D eigenvalue weighted by molar-refractivity contribution is 0.287. The standard InChI is InChI=1S/C19H25NO4S/c1-13-10-14(2)19(15(3)11-13)25(21,22)20-16(4)12-24-18-8-6-17(23-5)7-9-18/h6-11,16,20H,12H2,1-5H3/t16-/m1/s1. The van der Waals surface area contributed by atoms with Crippen LogP contribution in [0.15, 0.2) is 41.3 Å². The number of hydrogen-bond donors (Lipinski definition) is 1. The minimum Gasteiger partial charge on any atom is -0.497 e. The van der Waals surface area contributed by atoms with Crippen molar-refractivity contribution in [1.29, 1.82) is 0 Å². The lowest BCUT2D eigenvalue weighted by Crippen LogP contribution is -2.37. The van der Waals surface area contributed by atoms with Gasteiger partial charge >= 0.3 is 0 Å². The summed E-state index contributed by atoms with van der Waals surface area (Å²) in [6.07, 6.45) is 0. The molecule has 0 bridgehead atoms. The molecule has 0 fully saturated rings. The first kappa shape index (κ1) is 19.3. The normalized spacial score (nSPS) is 12.7. The van der Waals surface area contributed by atoms with Gasteiger partial charge in [-0.25, -0.2) is 13.1 Å². The van der Waals surface area contributed by atoms with E-state index < -0.39 is 10.0 Å². The Balaban J connectivity index is 2.04. The Morgan fingerprint density at radius 3 is 2.04 bits per heavy atom. The molecule has 136 valence electrons.